The number of carbonyl (C=O) groups is 2. The third-order valence-corrected chi connectivity index (χ3v) is 3.65. The summed E-state index contributed by atoms with van der Waals surface area (Å²) >= 11 is 0. The van der Waals surface area contributed by atoms with E-state index >= 15 is 0 Å². The highest BCUT2D eigenvalue weighted by Gasteiger charge is 2.23. The minimum absolute atomic E-state index is 0.0436. The van der Waals surface area contributed by atoms with Gasteiger partial charge >= 0.3 is 5.97 Å². The highest BCUT2D eigenvalue weighted by Crippen LogP contribution is 2.27. The van der Waals surface area contributed by atoms with Crippen molar-refractivity contribution < 1.29 is 23.5 Å². The standard InChI is InChI=1S/C18H20N2O5/c1-3-23-11-14-13-7-4-5-8-15(13)25-17(14)18(22)24-12-16(21)20(2)10-6-9-19/h4-5,7-8H,3,6,10-12H2,1-2H3. The largest absolute Gasteiger partial charge is 0.450 e. The van der Waals surface area contributed by atoms with Crippen molar-refractivity contribution in [1.29, 1.82) is 5.26 Å². The Balaban J connectivity index is 2.11. The first kappa shape index (κ1) is 18.5. The van der Waals surface area contributed by atoms with E-state index in [4.69, 9.17) is 19.2 Å². The maximum Gasteiger partial charge on any atom is 0.375 e. The van der Waals surface area contributed by atoms with E-state index in [0.29, 0.717) is 17.8 Å². The predicted molar refractivity (Wildman–Crippen MR) is 89.7 cm³/mol. The third kappa shape index (κ3) is 4.58. The van der Waals surface area contributed by atoms with Crippen LogP contribution in [-0.4, -0.2) is 43.6 Å². The molecule has 2 rings (SSSR count). The van der Waals surface area contributed by atoms with Crippen molar-refractivity contribution in [2.24, 2.45) is 0 Å². The van der Waals surface area contributed by atoms with Crippen molar-refractivity contribution >= 4 is 22.8 Å². The number of amides is 1. The van der Waals surface area contributed by atoms with Gasteiger partial charge < -0.3 is 18.8 Å². The van der Waals surface area contributed by atoms with Crippen LogP contribution in [0.25, 0.3) is 11.0 Å². The van der Waals surface area contributed by atoms with Gasteiger partial charge in [0.15, 0.2) is 6.61 Å². The monoisotopic (exact) mass is 344 g/mol. The Hall–Kier alpha value is -2.85. The molecule has 0 fully saturated rings. The second-order valence-corrected chi connectivity index (χ2v) is 5.34. The Morgan fingerprint density at radius 1 is 1.32 bits per heavy atom. The number of likely N-dealkylation sites (N-methyl/N-ethyl adjacent to an activating group) is 1. The molecule has 2 aromatic rings. The number of carbonyl (C=O) groups excluding carboxylic acids is 2. The van der Waals surface area contributed by atoms with Crippen LogP contribution >= 0.6 is 0 Å². The molecule has 1 amide bonds. The molecule has 0 spiro atoms. The van der Waals surface area contributed by atoms with Crippen molar-refractivity contribution in [2.45, 2.75) is 20.0 Å². The molecule has 0 aliphatic heterocycles. The molecule has 7 nitrogen and oxygen atoms in total. The van der Waals surface area contributed by atoms with Gasteiger partial charge in [-0.15, -0.1) is 0 Å². The number of esters is 1. The van der Waals surface area contributed by atoms with E-state index in [-0.39, 0.29) is 31.2 Å². The Labute approximate surface area is 145 Å². The van der Waals surface area contributed by atoms with Gasteiger partial charge in [0.2, 0.25) is 5.76 Å². The Bertz CT molecular complexity index is 790. The number of furan rings is 1. The van der Waals surface area contributed by atoms with Crippen LogP contribution in [0.15, 0.2) is 28.7 Å². The molecule has 1 aromatic heterocycles. The molecule has 0 N–H and O–H groups in total. The van der Waals surface area contributed by atoms with E-state index in [0.717, 1.165) is 5.39 Å². The van der Waals surface area contributed by atoms with Crippen molar-refractivity contribution in [3.8, 4) is 6.07 Å². The topological polar surface area (TPSA) is 92.8 Å². The lowest BCUT2D eigenvalue weighted by Crippen LogP contribution is -2.32. The smallest absolute Gasteiger partial charge is 0.375 e. The summed E-state index contributed by atoms with van der Waals surface area (Å²) in [4.78, 5) is 25.6. The van der Waals surface area contributed by atoms with Crippen LogP contribution in [0.4, 0.5) is 0 Å². The highest BCUT2D eigenvalue weighted by molar-refractivity contribution is 5.96. The number of fused-ring (bicyclic) bond motifs is 1. The Kier molecular flexibility index (Phi) is 6.54. The Morgan fingerprint density at radius 3 is 2.80 bits per heavy atom. The number of benzene rings is 1. The molecule has 0 saturated carbocycles. The zero-order valence-electron chi connectivity index (χ0n) is 14.3. The van der Waals surface area contributed by atoms with Crippen LogP contribution in [0.2, 0.25) is 0 Å². The molecule has 1 heterocycles. The SMILES string of the molecule is CCOCc1c(C(=O)OCC(=O)N(C)CCC#N)oc2ccccc12. The van der Waals surface area contributed by atoms with Crippen LogP contribution in [-0.2, 0) is 20.9 Å². The number of hydrogen-bond donors (Lipinski definition) is 0. The molecule has 0 radical (unpaired) electrons. The molecule has 0 saturated heterocycles. The molecule has 1 aromatic carbocycles. The van der Waals surface area contributed by atoms with Gasteiger partial charge in [-0.1, -0.05) is 18.2 Å². The molecule has 0 bridgehead atoms. The van der Waals surface area contributed by atoms with E-state index in [1.54, 1.807) is 19.2 Å². The molecule has 0 unspecified atom stereocenters. The van der Waals surface area contributed by atoms with Crippen LogP contribution in [0, 0.1) is 11.3 Å². The fraction of sp³-hybridized carbons (Fsp3) is 0.389. The first-order valence-corrected chi connectivity index (χ1v) is 7.94. The average molecular weight is 344 g/mol. The number of hydrogen-bond acceptors (Lipinski definition) is 6. The molecular formula is C18H20N2O5. The summed E-state index contributed by atoms with van der Waals surface area (Å²) in [5.41, 5.74) is 1.16. The van der Waals surface area contributed by atoms with Gasteiger partial charge in [0.05, 0.1) is 19.1 Å². The molecular weight excluding hydrogens is 324 g/mol. The Morgan fingerprint density at radius 2 is 2.08 bits per heavy atom. The zero-order chi connectivity index (χ0) is 18.2. The second-order valence-electron chi connectivity index (χ2n) is 5.34. The predicted octanol–water partition coefficient (Wildman–Crippen LogP) is 2.50. The lowest BCUT2D eigenvalue weighted by Gasteiger charge is -2.15. The highest BCUT2D eigenvalue weighted by atomic mass is 16.5. The molecule has 0 atom stereocenters. The van der Waals surface area contributed by atoms with Crippen LogP contribution in [0.3, 0.4) is 0 Å². The third-order valence-electron chi connectivity index (χ3n) is 3.65. The minimum atomic E-state index is -0.715. The maximum absolute atomic E-state index is 12.3. The lowest BCUT2D eigenvalue weighted by molar-refractivity contribution is -0.133. The van der Waals surface area contributed by atoms with Gasteiger partial charge in [0, 0.05) is 31.1 Å². The quantitative estimate of drug-likeness (QED) is 0.683. The summed E-state index contributed by atoms with van der Waals surface area (Å²) in [6.07, 6.45) is 0.221. The number of para-hydroxylation sites is 1. The molecule has 132 valence electrons. The van der Waals surface area contributed by atoms with Crippen LogP contribution in [0.1, 0.15) is 29.5 Å². The average Bonchev–Trinajstić information content (AvgIpc) is 3.00. The molecule has 7 heteroatoms. The zero-order valence-corrected chi connectivity index (χ0v) is 14.3. The number of nitrogens with zero attached hydrogens (tertiary/aromatic N) is 2. The fourth-order valence-corrected chi connectivity index (χ4v) is 2.26. The number of nitriles is 1. The molecule has 25 heavy (non-hydrogen) atoms. The van der Waals surface area contributed by atoms with Gasteiger partial charge in [0.25, 0.3) is 5.91 Å². The number of rotatable bonds is 8. The van der Waals surface area contributed by atoms with Crippen LogP contribution < -0.4 is 0 Å². The van der Waals surface area contributed by atoms with E-state index in [9.17, 15) is 9.59 Å². The first-order valence-electron chi connectivity index (χ1n) is 7.94. The van der Waals surface area contributed by atoms with Crippen molar-refractivity contribution in [3.63, 3.8) is 0 Å². The molecule has 0 aliphatic rings. The minimum Gasteiger partial charge on any atom is -0.450 e. The van der Waals surface area contributed by atoms with Crippen LogP contribution in [0.5, 0.6) is 0 Å². The lowest BCUT2D eigenvalue weighted by atomic mass is 10.1. The van der Waals surface area contributed by atoms with Gasteiger partial charge in [0.1, 0.15) is 5.58 Å². The maximum atomic E-state index is 12.3. The summed E-state index contributed by atoms with van der Waals surface area (Å²) in [5, 5.41) is 9.31. The van der Waals surface area contributed by atoms with Gasteiger partial charge in [-0.2, -0.15) is 5.26 Å². The summed E-state index contributed by atoms with van der Waals surface area (Å²) in [6, 6.07) is 9.19. The summed E-state index contributed by atoms with van der Waals surface area (Å²) in [5.74, 6) is -1.05. The first-order chi connectivity index (χ1) is 12.1. The molecule has 0 aliphatic carbocycles. The van der Waals surface area contributed by atoms with Crippen molar-refractivity contribution in [2.75, 3.05) is 26.8 Å². The van der Waals surface area contributed by atoms with E-state index in [1.165, 1.54) is 4.90 Å². The van der Waals surface area contributed by atoms with Gasteiger partial charge in [-0.3, -0.25) is 4.79 Å². The normalized spacial score (nSPS) is 10.4. The van der Waals surface area contributed by atoms with Gasteiger partial charge in [-0.25, -0.2) is 4.79 Å². The van der Waals surface area contributed by atoms with E-state index < -0.39 is 12.6 Å². The van der Waals surface area contributed by atoms with Gasteiger partial charge in [-0.05, 0) is 13.0 Å². The summed E-state index contributed by atoms with van der Waals surface area (Å²) in [7, 11) is 1.55. The fourth-order valence-electron chi connectivity index (χ4n) is 2.26. The summed E-state index contributed by atoms with van der Waals surface area (Å²) < 4.78 is 16.1. The van der Waals surface area contributed by atoms with Crippen molar-refractivity contribution in [1.82, 2.24) is 4.90 Å². The van der Waals surface area contributed by atoms with E-state index in [2.05, 4.69) is 0 Å². The summed E-state index contributed by atoms with van der Waals surface area (Å²) in [6.45, 7) is 2.44. The van der Waals surface area contributed by atoms with E-state index in [1.807, 2.05) is 25.1 Å². The van der Waals surface area contributed by atoms with Crippen molar-refractivity contribution in [3.05, 3.63) is 35.6 Å². The second kappa shape index (κ2) is 8.85. The number of ether oxygens (including phenoxy) is 2.